The van der Waals surface area contributed by atoms with E-state index in [4.69, 9.17) is 5.10 Å². The molecular weight excluding hydrogens is 484 g/mol. The van der Waals surface area contributed by atoms with Gasteiger partial charge in [0.2, 0.25) is 0 Å². The van der Waals surface area contributed by atoms with Crippen molar-refractivity contribution in [3.05, 3.63) is 41.5 Å². The van der Waals surface area contributed by atoms with Crippen LogP contribution in [0.5, 0.6) is 0 Å². The molecule has 0 spiro atoms. The van der Waals surface area contributed by atoms with Gasteiger partial charge in [0.1, 0.15) is 0 Å². The largest absolute Gasteiger partial charge is 0.478 e. The molecule has 39 heavy (non-hydrogen) atoms. The fourth-order valence-corrected chi connectivity index (χ4v) is 9.35. The van der Waals surface area contributed by atoms with E-state index < -0.39 is 5.97 Å². The molecule has 0 heterocycles. The number of aromatic carboxylic acids is 1. The van der Waals surface area contributed by atoms with Gasteiger partial charge in [0.15, 0.2) is 0 Å². The molecule has 0 saturated heterocycles. The first-order chi connectivity index (χ1) is 18.5. The second-order valence-corrected chi connectivity index (χ2v) is 14.3. The minimum absolute atomic E-state index is 0.147. The summed E-state index contributed by atoms with van der Waals surface area (Å²) >= 11 is 0. The van der Waals surface area contributed by atoms with Crippen LogP contribution in [0.1, 0.15) is 109 Å². The highest BCUT2D eigenvalue weighted by Crippen LogP contribution is 2.66. The van der Waals surface area contributed by atoms with E-state index >= 15 is 0 Å². The van der Waals surface area contributed by atoms with Crippen molar-refractivity contribution < 1.29 is 15.0 Å². The Hall–Kier alpha value is -2.14. The number of carboxylic acid groups (broad SMARTS) is 1. The SMILES string of the molecule is CC(C)CCC[C@@H](C)[C@H]1CC[C@H]2[C@@H]3C(=NNc4ccc(C(=O)O)cc4)C=C4C[C@@H](O)CC[C@]4(C)[C@H]3CC[C@]12C. The lowest BCUT2D eigenvalue weighted by atomic mass is 9.46. The summed E-state index contributed by atoms with van der Waals surface area (Å²) in [6.07, 6.45) is 14.0. The molecule has 0 unspecified atom stereocenters. The van der Waals surface area contributed by atoms with Gasteiger partial charge in [-0.2, -0.15) is 5.10 Å². The van der Waals surface area contributed by atoms with E-state index in [9.17, 15) is 15.0 Å². The normalized spacial score (nSPS) is 37.6. The van der Waals surface area contributed by atoms with Crippen molar-refractivity contribution in [2.24, 2.45) is 51.4 Å². The Morgan fingerprint density at radius 1 is 1.03 bits per heavy atom. The van der Waals surface area contributed by atoms with Crippen molar-refractivity contribution in [3.8, 4) is 0 Å². The molecule has 4 aliphatic carbocycles. The number of carboxylic acids is 1. The van der Waals surface area contributed by atoms with Crippen LogP contribution in [-0.4, -0.2) is 28.0 Å². The van der Waals surface area contributed by atoms with Crippen molar-refractivity contribution in [1.82, 2.24) is 0 Å². The molecule has 214 valence electrons. The van der Waals surface area contributed by atoms with Crippen LogP contribution in [0.4, 0.5) is 5.69 Å². The van der Waals surface area contributed by atoms with E-state index in [2.05, 4.69) is 46.1 Å². The van der Waals surface area contributed by atoms with E-state index in [1.165, 1.54) is 50.5 Å². The van der Waals surface area contributed by atoms with E-state index in [-0.39, 0.29) is 17.1 Å². The molecule has 0 aliphatic heterocycles. The lowest BCUT2D eigenvalue weighted by Crippen LogP contribution is -2.53. The van der Waals surface area contributed by atoms with Crippen molar-refractivity contribution in [3.63, 3.8) is 0 Å². The minimum Gasteiger partial charge on any atom is -0.478 e. The van der Waals surface area contributed by atoms with Crippen LogP contribution in [0.15, 0.2) is 41.0 Å². The zero-order valence-corrected chi connectivity index (χ0v) is 24.7. The predicted molar refractivity (Wildman–Crippen MR) is 159 cm³/mol. The number of carbonyl (C=O) groups is 1. The summed E-state index contributed by atoms with van der Waals surface area (Å²) in [4.78, 5) is 11.3. The maximum Gasteiger partial charge on any atom is 0.335 e. The van der Waals surface area contributed by atoms with E-state index in [1.807, 2.05) is 0 Å². The molecule has 3 fully saturated rings. The Kier molecular flexibility index (Phi) is 8.03. The molecule has 1 aromatic carbocycles. The second-order valence-electron chi connectivity index (χ2n) is 14.3. The van der Waals surface area contributed by atoms with Crippen LogP contribution in [-0.2, 0) is 0 Å². The molecule has 0 bridgehead atoms. The number of anilines is 1. The fourth-order valence-electron chi connectivity index (χ4n) is 9.35. The molecule has 1 aromatic rings. The Morgan fingerprint density at radius 2 is 1.77 bits per heavy atom. The molecule has 0 aromatic heterocycles. The number of allylic oxidation sites excluding steroid dienone is 1. The number of hydrazone groups is 1. The van der Waals surface area contributed by atoms with Gasteiger partial charge in [0.05, 0.1) is 23.1 Å². The number of rotatable bonds is 8. The number of nitrogens with zero attached hydrogens (tertiary/aromatic N) is 1. The van der Waals surface area contributed by atoms with E-state index in [0.717, 1.165) is 48.4 Å². The van der Waals surface area contributed by atoms with E-state index in [0.29, 0.717) is 23.2 Å². The zero-order chi connectivity index (χ0) is 27.9. The second kappa shape index (κ2) is 11.0. The highest BCUT2D eigenvalue weighted by molar-refractivity contribution is 6.00. The maximum atomic E-state index is 11.3. The van der Waals surface area contributed by atoms with Crippen molar-refractivity contribution in [2.75, 3.05) is 5.43 Å². The standard InChI is InChI=1S/C34H50N2O3/c1-21(2)7-6-8-22(3)27-13-14-28-31-29(16-18-34(27,28)5)33(4)17-15-26(37)19-24(33)20-30(31)36-35-25-11-9-23(10-12-25)32(38)39/h9-12,20-22,26-29,31,35,37H,6-8,13-19H2,1-5H3,(H,38,39)/t22-,26+,27-,28+,29+,31+,33+,34-/m1/s1. The van der Waals surface area contributed by atoms with Gasteiger partial charge in [-0.1, -0.05) is 59.5 Å². The van der Waals surface area contributed by atoms with Crippen molar-refractivity contribution >= 4 is 17.4 Å². The monoisotopic (exact) mass is 534 g/mol. The van der Waals surface area contributed by atoms with Crippen LogP contribution >= 0.6 is 0 Å². The minimum atomic E-state index is -0.918. The Labute approximate surface area is 235 Å². The third kappa shape index (κ3) is 5.33. The van der Waals surface area contributed by atoms with Gasteiger partial charge in [-0.15, -0.1) is 0 Å². The first-order valence-corrected chi connectivity index (χ1v) is 15.6. The summed E-state index contributed by atoms with van der Waals surface area (Å²) in [5, 5.41) is 24.9. The summed E-state index contributed by atoms with van der Waals surface area (Å²) in [5.41, 5.74) is 7.39. The Morgan fingerprint density at radius 3 is 2.46 bits per heavy atom. The van der Waals surface area contributed by atoms with Crippen LogP contribution in [0.2, 0.25) is 0 Å². The van der Waals surface area contributed by atoms with Crippen LogP contribution in [0, 0.1) is 46.3 Å². The molecule has 0 radical (unpaired) electrons. The Bertz CT molecular complexity index is 1110. The summed E-state index contributed by atoms with van der Waals surface area (Å²) in [6.45, 7) is 12.3. The number of hydrogen-bond donors (Lipinski definition) is 3. The topological polar surface area (TPSA) is 81.9 Å². The lowest BCUT2D eigenvalue weighted by molar-refractivity contribution is -0.0301. The average molecular weight is 535 g/mol. The highest BCUT2D eigenvalue weighted by Gasteiger charge is 2.60. The lowest BCUT2D eigenvalue weighted by Gasteiger charge is -2.58. The van der Waals surface area contributed by atoms with Gasteiger partial charge in [0.25, 0.3) is 0 Å². The van der Waals surface area contributed by atoms with Gasteiger partial charge in [-0.3, -0.25) is 5.43 Å². The molecule has 4 aliphatic rings. The van der Waals surface area contributed by atoms with Crippen LogP contribution in [0.25, 0.3) is 0 Å². The van der Waals surface area contributed by atoms with Crippen molar-refractivity contribution in [2.45, 2.75) is 105 Å². The molecule has 5 heteroatoms. The van der Waals surface area contributed by atoms with Crippen LogP contribution < -0.4 is 5.43 Å². The molecule has 8 atom stereocenters. The van der Waals surface area contributed by atoms with Gasteiger partial charge in [-0.25, -0.2) is 4.79 Å². The summed E-state index contributed by atoms with van der Waals surface area (Å²) < 4.78 is 0. The number of hydrogen-bond acceptors (Lipinski definition) is 4. The van der Waals surface area contributed by atoms with Crippen molar-refractivity contribution in [1.29, 1.82) is 0 Å². The third-order valence-corrected chi connectivity index (χ3v) is 11.6. The number of aliphatic hydroxyl groups is 1. The zero-order valence-electron chi connectivity index (χ0n) is 24.7. The number of aliphatic hydroxyl groups excluding tert-OH is 1. The molecule has 5 rings (SSSR count). The molecule has 0 amide bonds. The van der Waals surface area contributed by atoms with Gasteiger partial charge < -0.3 is 10.2 Å². The van der Waals surface area contributed by atoms with Gasteiger partial charge >= 0.3 is 5.97 Å². The van der Waals surface area contributed by atoms with Gasteiger partial charge in [-0.05, 0) is 116 Å². The first kappa shape index (κ1) is 28.4. The molecule has 3 N–H and O–H groups in total. The average Bonchev–Trinajstić information content (AvgIpc) is 3.25. The third-order valence-electron chi connectivity index (χ3n) is 11.6. The quantitative estimate of drug-likeness (QED) is 0.294. The number of benzene rings is 1. The number of nitrogens with one attached hydrogen (secondary N) is 1. The predicted octanol–water partition coefficient (Wildman–Crippen LogP) is 8.16. The van der Waals surface area contributed by atoms with Crippen LogP contribution in [0.3, 0.4) is 0 Å². The Balaban J connectivity index is 1.45. The first-order valence-electron chi connectivity index (χ1n) is 15.6. The highest BCUT2D eigenvalue weighted by atomic mass is 16.4. The number of fused-ring (bicyclic) bond motifs is 5. The smallest absolute Gasteiger partial charge is 0.335 e. The molecule has 5 nitrogen and oxygen atoms in total. The fraction of sp³-hybridized carbons (Fsp3) is 0.706. The van der Waals surface area contributed by atoms with E-state index in [1.54, 1.807) is 24.3 Å². The summed E-state index contributed by atoms with van der Waals surface area (Å²) in [5.74, 6) is 3.02. The summed E-state index contributed by atoms with van der Waals surface area (Å²) in [7, 11) is 0. The summed E-state index contributed by atoms with van der Waals surface area (Å²) in [6, 6.07) is 6.85. The van der Waals surface area contributed by atoms with Gasteiger partial charge in [0, 0.05) is 5.92 Å². The molecule has 3 saturated carbocycles. The maximum absolute atomic E-state index is 11.3. The molecular formula is C34H50N2O3.